The van der Waals surface area contributed by atoms with Gasteiger partial charge in [0.25, 0.3) is 11.4 Å². The van der Waals surface area contributed by atoms with Crippen LogP contribution in [0.5, 0.6) is 0 Å². The van der Waals surface area contributed by atoms with Gasteiger partial charge in [0.05, 0.1) is 104 Å². The Balaban J connectivity index is 0.0000000982. The molecule has 0 bridgehead atoms. The Hall–Kier alpha value is -13.3. The van der Waals surface area contributed by atoms with E-state index in [4.69, 9.17) is 54.6 Å². The van der Waals surface area contributed by atoms with Crippen molar-refractivity contribution in [3.05, 3.63) is 146 Å². The van der Waals surface area contributed by atoms with Crippen molar-refractivity contribution in [3.8, 4) is 68.0 Å². The molecule has 2 N–H and O–H groups in total. The number of hydrogen-bond acceptors (Lipinski definition) is 31. The zero-order valence-electron chi connectivity index (χ0n) is 69.9. The van der Waals surface area contributed by atoms with Crippen LogP contribution in [0.1, 0.15) is 230 Å². The minimum Gasteiger partial charge on any atom is -0.354 e. The second kappa shape index (κ2) is 35.2. The summed E-state index contributed by atoms with van der Waals surface area (Å²) in [5, 5.41) is 52.2. The average molecular weight is 1730 g/mol. The van der Waals surface area contributed by atoms with E-state index in [0.29, 0.717) is 91.6 Å². The fourth-order valence-electron chi connectivity index (χ4n) is 18.1. The Kier molecular flexibility index (Phi) is 22.9. The number of aryl methyl sites for hydroxylation is 7. The van der Waals surface area contributed by atoms with E-state index in [0.717, 1.165) is 196 Å². The third-order valence-electron chi connectivity index (χ3n) is 24.1. The predicted octanol–water partition coefficient (Wildman–Crippen LogP) is 17.0. The van der Waals surface area contributed by atoms with Crippen LogP contribution in [0.3, 0.4) is 0 Å². The van der Waals surface area contributed by atoms with Crippen LogP contribution < -0.4 is 11.2 Å². The zero-order chi connectivity index (χ0) is 85.5. The number of aromatic nitrogens is 31. The van der Waals surface area contributed by atoms with E-state index in [-0.39, 0.29) is 29.2 Å². The van der Waals surface area contributed by atoms with E-state index in [1.165, 1.54) is 94.7 Å². The summed E-state index contributed by atoms with van der Waals surface area (Å²) < 4.78 is 56.7. The topological polar surface area (TPSA) is 457 Å². The average Bonchev–Trinajstić information content (AvgIpc) is 1.65. The molecule has 24 rings (SSSR count). The van der Waals surface area contributed by atoms with Crippen LogP contribution in [0.15, 0.2) is 107 Å². The maximum atomic E-state index is 14.2. The number of rotatable bonds is 12. The molecule has 6 aliphatic carbocycles. The van der Waals surface area contributed by atoms with Crippen LogP contribution in [0.2, 0.25) is 5.15 Å². The lowest BCUT2D eigenvalue weighted by molar-refractivity contribution is 0.421. The van der Waals surface area contributed by atoms with Gasteiger partial charge in [-0.25, -0.2) is 82.7 Å². The van der Waals surface area contributed by atoms with E-state index >= 15 is 0 Å². The van der Waals surface area contributed by atoms with Crippen molar-refractivity contribution in [1.82, 2.24) is 154 Å². The molecule has 0 unspecified atom stereocenters. The van der Waals surface area contributed by atoms with Crippen LogP contribution in [0.4, 0.5) is 4.39 Å². The number of aromatic amines is 2. The number of fused-ring (bicyclic) bond motifs is 6. The first-order chi connectivity index (χ1) is 61.0. The molecular weight excluding hydrogens is 1640 g/mol. The molecule has 18 aromatic heterocycles. The van der Waals surface area contributed by atoms with E-state index < -0.39 is 5.95 Å². The highest BCUT2D eigenvalue weighted by molar-refractivity contribution is 7.09. The lowest BCUT2D eigenvalue weighted by Gasteiger charge is -2.10. The smallest absolute Gasteiger partial charge is 0.346 e. The van der Waals surface area contributed by atoms with Crippen molar-refractivity contribution in [3.63, 3.8) is 0 Å². The molecule has 642 valence electrons. The van der Waals surface area contributed by atoms with E-state index in [1.54, 1.807) is 44.2 Å². The summed E-state index contributed by atoms with van der Waals surface area (Å²) in [6.07, 6.45) is 40.3. The van der Waals surface area contributed by atoms with E-state index in [9.17, 15) is 14.0 Å². The molecule has 125 heavy (non-hydrogen) atoms. The lowest BCUT2D eigenvalue weighted by atomic mass is 10.1. The van der Waals surface area contributed by atoms with Gasteiger partial charge in [0, 0.05) is 36.2 Å². The van der Waals surface area contributed by atoms with Gasteiger partial charge in [-0.3, -0.25) is 9.78 Å². The largest absolute Gasteiger partial charge is 0.354 e. The number of halogens is 2. The third kappa shape index (κ3) is 16.3. The highest BCUT2D eigenvalue weighted by Gasteiger charge is 2.34. The van der Waals surface area contributed by atoms with Gasteiger partial charge in [0.1, 0.15) is 75.4 Å². The van der Waals surface area contributed by atoms with E-state index in [1.807, 2.05) is 83.2 Å². The normalized spacial score (nSPS) is 16.1. The van der Waals surface area contributed by atoms with Crippen LogP contribution >= 0.6 is 23.1 Å². The molecule has 0 aromatic carbocycles. The summed E-state index contributed by atoms with van der Waals surface area (Å²) in [6.45, 7) is 13.3. The molecule has 0 aliphatic heterocycles. The van der Waals surface area contributed by atoms with Gasteiger partial charge in [0.15, 0.2) is 62.8 Å². The summed E-state index contributed by atoms with van der Waals surface area (Å²) in [5.41, 5.74) is 13.1. The molecule has 0 spiro atoms. The quantitative estimate of drug-likeness (QED) is 0.107. The molecule has 18 aromatic rings. The number of H-pyrrole nitrogens is 2. The molecular formula is C84H89ClFN31O7S. The highest BCUT2D eigenvalue weighted by Crippen LogP contribution is 2.43. The fourth-order valence-corrected chi connectivity index (χ4v) is 19.0. The SMILES string of the molecule is Cc1cc(-c2nn(C3CCCC3)c3[nH]c(=O)ncc23)sn1.Cc1cc(-c2nn(C3CCCC3)c3ncnc(Cl)c23)on1.Cc1cc(-c2nn(C3CCCC3)c3ncnc(F)c23)on1.Cc1cc(-c2nn(C3CCCC3)c3ncncc23)on1.Cc1cnoc1-c1nn(C2CCCC2)c2ncnc(C)c12.Cc1noc(-c2nn(C3CCCC3)c3nc[nH]c(=O)c23)n1. The van der Waals surface area contributed by atoms with Crippen molar-refractivity contribution >= 4 is 89.3 Å². The number of nitrogens with one attached hydrogen (secondary N) is 2. The predicted molar refractivity (Wildman–Crippen MR) is 457 cm³/mol. The van der Waals surface area contributed by atoms with Gasteiger partial charge in [-0.15, -0.1) is 0 Å². The maximum Gasteiger partial charge on any atom is 0.346 e. The van der Waals surface area contributed by atoms with Crippen molar-refractivity contribution in [2.24, 2.45) is 0 Å². The van der Waals surface area contributed by atoms with Gasteiger partial charge >= 0.3 is 5.69 Å². The van der Waals surface area contributed by atoms with E-state index in [2.05, 4.69) is 110 Å². The number of hydrogen-bond donors (Lipinski definition) is 2. The summed E-state index contributed by atoms with van der Waals surface area (Å²) in [5.74, 6) is 2.64. The Bertz CT molecular complexity index is 6860. The Morgan fingerprint density at radius 3 is 1.42 bits per heavy atom. The minimum absolute atomic E-state index is 0.241. The first kappa shape index (κ1) is 81.4. The summed E-state index contributed by atoms with van der Waals surface area (Å²) >= 11 is 7.70. The Morgan fingerprint density at radius 1 is 0.424 bits per heavy atom. The van der Waals surface area contributed by atoms with Crippen molar-refractivity contribution < 1.29 is 27.0 Å². The molecule has 6 saturated carbocycles. The van der Waals surface area contributed by atoms with Gasteiger partial charge in [0.2, 0.25) is 5.95 Å². The Morgan fingerprint density at radius 2 is 0.896 bits per heavy atom. The standard InChI is InChI=1S/C15H17N5O.C14H14ClN5O.C14H14FN5O.C14H15N5OS.C14H15N5O.C13H14N6O2/c1-9-7-18-21-14(9)13-12-10(2)16-8-17-15(12)20(19-13)11-5-3-4-6-11;2*1-8-6-10(21-19-8)12-11-13(15)16-7-17-14(11)20(18-12)9-4-2-3-5-9;1-8-6-11(21-18-8)12-10-7-15-14(20)16-13(10)19(17-12)9-4-2-3-5-9;1-9-6-12(20-18-9)13-11-7-15-8-16-14(11)19(17-13)10-4-2-3-5-10;1-7-16-13(21-18-7)10-9-11(14-6-15-12(9)20)19(17-10)8-4-2-3-5-8/h7-8,11H,3-6H2,1-2H3;2*6-7,9H,2-5H2,1H3;6-7,9H,2-5H2,1H3,(H,15,16,20);6-8,10H,2-5H2,1H3;6,8H,2-5H2,1H3,(H,14,15,20). The van der Waals surface area contributed by atoms with Crippen molar-refractivity contribution in [1.29, 1.82) is 0 Å². The molecule has 18 heterocycles. The highest BCUT2D eigenvalue weighted by atomic mass is 35.5. The number of nitrogens with zero attached hydrogens (tertiary/aromatic N) is 29. The van der Waals surface area contributed by atoms with Crippen molar-refractivity contribution in [2.45, 2.75) is 239 Å². The maximum absolute atomic E-state index is 14.2. The van der Waals surface area contributed by atoms with Gasteiger partial charge < -0.3 is 27.6 Å². The molecule has 0 amide bonds. The first-order valence-corrected chi connectivity index (χ1v) is 43.7. The summed E-state index contributed by atoms with van der Waals surface area (Å²) in [6, 6.07) is 9.66. The lowest BCUT2D eigenvalue weighted by Crippen LogP contribution is -2.13. The molecule has 38 nitrogen and oxygen atoms in total. The summed E-state index contributed by atoms with van der Waals surface area (Å²) in [7, 11) is 0. The fraction of sp³-hybridized carbons (Fsp3) is 0.440. The molecule has 41 heteroatoms. The molecule has 6 aliphatic rings. The van der Waals surface area contributed by atoms with Crippen molar-refractivity contribution in [2.75, 3.05) is 0 Å². The van der Waals surface area contributed by atoms with Gasteiger partial charge in [-0.2, -0.15) is 44.3 Å². The van der Waals surface area contributed by atoms with Crippen LogP contribution in [-0.4, -0.2) is 154 Å². The molecule has 0 radical (unpaired) electrons. The van der Waals surface area contributed by atoms with Gasteiger partial charge in [-0.05, 0) is 143 Å². The summed E-state index contributed by atoms with van der Waals surface area (Å²) in [4.78, 5) is 76.2. The monoisotopic (exact) mass is 1730 g/mol. The third-order valence-corrected chi connectivity index (χ3v) is 25.2. The second-order valence-electron chi connectivity index (χ2n) is 32.7. The van der Waals surface area contributed by atoms with Gasteiger partial charge in [-0.1, -0.05) is 114 Å². The molecule has 0 saturated heterocycles. The zero-order valence-corrected chi connectivity index (χ0v) is 71.4. The van der Waals surface area contributed by atoms with Crippen LogP contribution in [0, 0.1) is 54.4 Å². The minimum atomic E-state index is -0.576. The van der Waals surface area contributed by atoms with Crippen LogP contribution in [-0.2, 0) is 0 Å². The molecule has 6 fully saturated rings. The molecule has 0 atom stereocenters. The van der Waals surface area contributed by atoms with Crippen LogP contribution in [0.25, 0.3) is 134 Å². The Labute approximate surface area is 719 Å². The second-order valence-corrected chi connectivity index (χ2v) is 33.9. The first-order valence-electron chi connectivity index (χ1n) is 42.6.